The van der Waals surface area contributed by atoms with Crippen molar-refractivity contribution in [2.24, 2.45) is 5.84 Å². The minimum Gasteiger partial charge on any atom is -0.271 e. The molecule has 0 saturated heterocycles. The van der Waals surface area contributed by atoms with Gasteiger partial charge in [0.1, 0.15) is 0 Å². The Labute approximate surface area is 125 Å². The van der Waals surface area contributed by atoms with Crippen LogP contribution in [0.25, 0.3) is 0 Å². The van der Waals surface area contributed by atoms with Crippen LogP contribution in [0.5, 0.6) is 0 Å². The van der Waals surface area contributed by atoms with E-state index in [1.54, 1.807) is 24.3 Å². The van der Waals surface area contributed by atoms with Crippen molar-refractivity contribution in [1.82, 2.24) is 5.43 Å². The monoisotopic (exact) mass is 304 g/mol. The Bertz CT molecular complexity index is 709. The summed E-state index contributed by atoms with van der Waals surface area (Å²) in [7, 11) is -3.17. The maximum atomic E-state index is 11.5. The lowest BCUT2D eigenvalue weighted by molar-refractivity contribution is 0.551. The zero-order valence-electron chi connectivity index (χ0n) is 12.2. The predicted molar refractivity (Wildman–Crippen MR) is 84.5 cm³/mol. The molecule has 0 saturated carbocycles. The van der Waals surface area contributed by atoms with Crippen LogP contribution in [0.4, 0.5) is 0 Å². The van der Waals surface area contributed by atoms with Crippen LogP contribution in [0.15, 0.2) is 53.4 Å². The first-order chi connectivity index (χ1) is 9.90. The van der Waals surface area contributed by atoms with E-state index in [1.807, 2.05) is 6.07 Å². The Morgan fingerprint density at radius 2 is 1.81 bits per heavy atom. The Hall–Kier alpha value is -1.69. The summed E-state index contributed by atoms with van der Waals surface area (Å²) in [5.74, 6) is 5.65. The van der Waals surface area contributed by atoms with E-state index in [1.165, 1.54) is 17.4 Å². The van der Waals surface area contributed by atoms with E-state index in [9.17, 15) is 8.42 Å². The van der Waals surface area contributed by atoms with Crippen LogP contribution in [0.1, 0.15) is 22.7 Å². The molecule has 3 N–H and O–H groups in total. The molecule has 0 aliphatic carbocycles. The summed E-state index contributed by atoms with van der Waals surface area (Å²) in [6.07, 6.45) is 1.95. The quantitative estimate of drug-likeness (QED) is 0.656. The van der Waals surface area contributed by atoms with Crippen molar-refractivity contribution in [3.8, 4) is 0 Å². The van der Waals surface area contributed by atoms with Gasteiger partial charge in [-0.2, -0.15) is 0 Å². The smallest absolute Gasteiger partial charge is 0.175 e. The highest BCUT2D eigenvalue weighted by atomic mass is 32.2. The van der Waals surface area contributed by atoms with Crippen LogP contribution >= 0.6 is 0 Å². The molecule has 4 nitrogen and oxygen atoms in total. The van der Waals surface area contributed by atoms with Crippen LogP contribution in [0.2, 0.25) is 0 Å². The topological polar surface area (TPSA) is 72.2 Å². The number of benzene rings is 2. The van der Waals surface area contributed by atoms with Gasteiger partial charge in [-0.15, -0.1) is 0 Å². The maximum absolute atomic E-state index is 11.5. The lowest BCUT2D eigenvalue weighted by Crippen LogP contribution is -2.29. The van der Waals surface area contributed by atoms with Crippen molar-refractivity contribution < 1.29 is 8.42 Å². The molecule has 0 fully saturated rings. The highest BCUT2D eigenvalue weighted by Gasteiger charge is 2.12. The average molecular weight is 304 g/mol. The third kappa shape index (κ3) is 4.14. The summed E-state index contributed by atoms with van der Waals surface area (Å²) < 4.78 is 22.9. The fourth-order valence-electron chi connectivity index (χ4n) is 2.30. The van der Waals surface area contributed by atoms with Gasteiger partial charge in [0, 0.05) is 12.3 Å². The van der Waals surface area contributed by atoms with Gasteiger partial charge >= 0.3 is 0 Å². The van der Waals surface area contributed by atoms with Gasteiger partial charge in [0.2, 0.25) is 0 Å². The maximum Gasteiger partial charge on any atom is 0.175 e. The molecule has 2 rings (SSSR count). The Morgan fingerprint density at radius 3 is 2.33 bits per heavy atom. The van der Waals surface area contributed by atoms with Crippen LogP contribution in [-0.2, 0) is 16.3 Å². The van der Waals surface area contributed by atoms with Gasteiger partial charge in [-0.1, -0.05) is 42.0 Å². The van der Waals surface area contributed by atoms with Gasteiger partial charge < -0.3 is 0 Å². The first kappa shape index (κ1) is 15.7. The molecule has 0 aliphatic heterocycles. The number of aryl methyl sites for hydroxylation is 1. The zero-order chi connectivity index (χ0) is 15.5. The van der Waals surface area contributed by atoms with Gasteiger partial charge in [-0.25, -0.2) is 8.42 Å². The fourth-order valence-corrected chi connectivity index (χ4v) is 2.93. The summed E-state index contributed by atoms with van der Waals surface area (Å²) in [5.41, 5.74) is 6.15. The molecule has 21 heavy (non-hydrogen) atoms. The summed E-state index contributed by atoms with van der Waals surface area (Å²) in [6, 6.07) is 15.0. The van der Waals surface area contributed by atoms with Crippen molar-refractivity contribution in [3.63, 3.8) is 0 Å². The molecule has 0 aromatic heterocycles. The van der Waals surface area contributed by atoms with Crippen LogP contribution in [0, 0.1) is 6.92 Å². The minimum atomic E-state index is -3.17. The number of nitrogens with two attached hydrogens (primary N) is 1. The summed E-state index contributed by atoms with van der Waals surface area (Å²) in [4.78, 5) is 0.317. The summed E-state index contributed by atoms with van der Waals surface area (Å²) in [5, 5.41) is 0. The molecular weight excluding hydrogens is 284 g/mol. The van der Waals surface area contributed by atoms with E-state index in [0.29, 0.717) is 4.90 Å². The van der Waals surface area contributed by atoms with E-state index in [0.717, 1.165) is 12.0 Å². The molecule has 0 heterocycles. The molecule has 2 aromatic carbocycles. The summed E-state index contributed by atoms with van der Waals surface area (Å²) in [6.45, 7) is 2.05. The van der Waals surface area contributed by atoms with E-state index >= 15 is 0 Å². The number of hydrazine groups is 1. The molecule has 0 bridgehead atoms. The van der Waals surface area contributed by atoms with E-state index in [-0.39, 0.29) is 6.04 Å². The minimum absolute atomic E-state index is 0.0552. The number of hydrogen-bond donors (Lipinski definition) is 2. The molecule has 112 valence electrons. The molecule has 1 atom stereocenters. The SMILES string of the molecule is Cc1cccc(CC(NN)c2ccc(S(C)(=O)=O)cc2)c1. The van der Waals surface area contributed by atoms with Crippen molar-refractivity contribution in [2.45, 2.75) is 24.3 Å². The van der Waals surface area contributed by atoms with Crippen molar-refractivity contribution >= 4 is 9.84 Å². The number of sulfone groups is 1. The number of hydrogen-bond acceptors (Lipinski definition) is 4. The Kier molecular flexibility index (Phi) is 4.77. The third-order valence-corrected chi connectivity index (χ3v) is 4.56. The largest absolute Gasteiger partial charge is 0.271 e. The van der Waals surface area contributed by atoms with Gasteiger partial charge in [-0.3, -0.25) is 11.3 Å². The first-order valence-corrected chi connectivity index (χ1v) is 8.61. The highest BCUT2D eigenvalue weighted by molar-refractivity contribution is 7.90. The fraction of sp³-hybridized carbons (Fsp3) is 0.250. The molecule has 1 unspecified atom stereocenters. The molecule has 0 amide bonds. The van der Waals surface area contributed by atoms with Gasteiger partial charge in [0.25, 0.3) is 0 Å². The van der Waals surface area contributed by atoms with Gasteiger partial charge in [0.15, 0.2) is 9.84 Å². The number of nitrogens with one attached hydrogen (secondary N) is 1. The molecular formula is C16H20N2O2S. The highest BCUT2D eigenvalue weighted by Crippen LogP contribution is 2.20. The normalized spacial score (nSPS) is 13.1. The van der Waals surface area contributed by atoms with E-state index < -0.39 is 9.84 Å². The Morgan fingerprint density at radius 1 is 1.14 bits per heavy atom. The molecule has 0 radical (unpaired) electrons. The summed E-state index contributed by atoms with van der Waals surface area (Å²) >= 11 is 0. The van der Waals surface area contributed by atoms with Gasteiger partial charge in [-0.05, 0) is 36.6 Å². The lowest BCUT2D eigenvalue weighted by atomic mass is 9.98. The third-order valence-electron chi connectivity index (χ3n) is 3.43. The standard InChI is InChI=1S/C16H20N2O2S/c1-12-4-3-5-13(10-12)11-16(18-17)14-6-8-15(9-7-14)21(2,19)20/h3-10,16,18H,11,17H2,1-2H3. The van der Waals surface area contributed by atoms with E-state index in [2.05, 4.69) is 30.5 Å². The second-order valence-corrected chi connectivity index (χ2v) is 7.27. The average Bonchev–Trinajstić information content (AvgIpc) is 2.44. The predicted octanol–water partition coefficient (Wildman–Crippen LogP) is 2.15. The van der Waals surface area contributed by atoms with E-state index in [4.69, 9.17) is 5.84 Å². The van der Waals surface area contributed by atoms with Crippen LogP contribution < -0.4 is 11.3 Å². The van der Waals surface area contributed by atoms with Gasteiger partial charge in [0.05, 0.1) is 4.90 Å². The molecule has 5 heteroatoms. The Balaban J connectivity index is 2.21. The van der Waals surface area contributed by atoms with Crippen LogP contribution in [-0.4, -0.2) is 14.7 Å². The van der Waals surface area contributed by atoms with Crippen molar-refractivity contribution in [1.29, 1.82) is 0 Å². The van der Waals surface area contributed by atoms with Crippen molar-refractivity contribution in [3.05, 3.63) is 65.2 Å². The van der Waals surface area contributed by atoms with Crippen LogP contribution in [0.3, 0.4) is 0 Å². The number of rotatable bonds is 5. The lowest BCUT2D eigenvalue weighted by Gasteiger charge is -2.17. The zero-order valence-corrected chi connectivity index (χ0v) is 13.0. The molecule has 2 aromatic rings. The first-order valence-electron chi connectivity index (χ1n) is 6.72. The second-order valence-electron chi connectivity index (χ2n) is 5.25. The van der Waals surface area contributed by atoms with Crippen molar-refractivity contribution in [2.75, 3.05) is 6.26 Å². The molecule has 0 aliphatic rings. The second kappa shape index (κ2) is 6.39. The molecule has 0 spiro atoms.